The van der Waals surface area contributed by atoms with Crippen molar-refractivity contribution in [2.45, 2.75) is 32.3 Å². The summed E-state index contributed by atoms with van der Waals surface area (Å²) in [6.07, 6.45) is 1.52. The second-order valence-corrected chi connectivity index (χ2v) is 12.3. The standard InChI is InChI=1S/C16H21N3O4Si/c1-24(2,3)9-8-23-11-12-10-17-16(18-12)15(20)13-6-4-5-7-14(13)19(21)22/h4-7,10H,8-9,11H2,1-3H3,(H,17,18). The fourth-order valence-electron chi connectivity index (χ4n) is 2.06. The Balaban J connectivity index is 2.03. The lowest BCUT2D eigenvalue weighted by atomic mass is 10.1. The second kappa shape index (κ2) is 7.50. The lowest BCUT2D eigenvalue weighted by Crippen LogP contribution is -2.21. The van der Waals surface area contributed by atoms with Gasteiger partial charge in [-0.2, -0.15) is 0 Å². The van der Waals surface area contributed by atoms with Crippen molar-refractivity contribution in [2.75, 3.05) is 6.61 Å². The van der Waals surface area contributed by atoms with Crippen LogP contribution >= 0.6 is 0 Å². The summed E-state index contributed by atoms with van der Waals surface area (Å²) in [5, 5.41) is 11.0. The molecule has 0 aliphatic rings. The summed E-state index contributed by atoms with van der Waals surface area (Å²) < 4.78 is 5.60. The number of ketones is 1. The van der Waals surface area contributed by atoms with Gasteiger partial charge in [-0.05, 0) is 12.1 Å². The maximum absolute atomic E-state index is 12.4. The molecule has 24 heavy (non-hydrogen) atoms. The Morgan fingerprint density at radius 2 is 2.04 bits per heavy atom. The van der Waals surface area contributed by atoms with Crippen LogP contribution in [0.25, 0.3) is 0 Å². The maximum Gasteiger partial charge on any atom is 0.280 e. The van der Waals surface area contributed by atoms with Gasteiger partial charge in [-0.1, -0.05) is 31.8 Å². The van der Waals surface area contributed by atoms with Crippen LogP contribution in [0.4, 0.5) is 5.69 Å². The van der Waals surface area contributed by atoms with Gasteiger partial charge in [-0.3, -0.25) is 14.9 Å². The average molecular weight is 347 g/mol. The highest BCUT2D eigenvalue weighted by Crippen LogP contribution is 2.20. The summed E-state index contributed by atoms with van der Waals surface area (Å²) in [4.78, 5) is 29.8. The molecular weight excluding hydrogens is 326 g/mol. The van der Waals surface area contributed by atoms with Gasteiger partial charge in [0, 0.05) is 20.7 Å². The van der Waals surface area contributed by atoms with Crippen LogP contribution < -0.4 is 0 Å². The van der Waals surface area contributed by atoms with E-state index in [1.165, 1.54) is 24.4 Å². The van der Waals surface area contributed by atoms with Crippen molar-refractivity contribution in [3.8, 4) is 0 Å². The topological polar surface area (TPSA) is 98.1 Å². The monoisotopic (exact) mass is 347 g/mol. The number of hydrogen-bond donors (Lipinski definition) is 1. The number of nitro groups is 1. The quantitative estimate of drug-likeness (QED) is 0.259. The van der Waals surface area contributed by atoms with E-state index in [4.69, 9.17) is 4.74 Å². The summed E-state index contributed by atoms with van der Waals surface area (Å²) >= 11 is 0. The SMILES string of the molecule is C[Si](C)(C)CCOCc1cnc(C(=O)c2ccccc2[N+](=O)[O-])[nH]1. The first-order chi connectivity index (χ1) is 11.3. The molecule has 0 aliphatic heterocycles. The predicted molar refractivity (Wildman–Crippen MR) is 92.9 cm³/mol. The number of nitro benzene ring substituents is 1. The molecule has 0 bridgehead atoms. The minimum atomic E-state index is -1.14. The van der Waals surface area contributed by atoms with Crippen molar-refractivity contribution >= 4 is 19.5 Å². The Hall–Kier alpha value is -2.32. The number of nitrogens with zero attached hydrogens (tertiary/aromatic N) is 2. The first-order valence-electron chi connectivity index (χ1n) is 7.68. The number of rotatable bonds is 8. The van der Waals surface area contributed by atoms with Gasteiger partial charge >= 0.3 is 0 Å². The van der Waals surface area contributed by atoms with Crippen molar-refractivity contribution in [3.63, 3.8) is 0 Å². The molecule has 2 aromatic rings. The molecular formula is C16H21N3O4Si. The molecule has 1 N–H and O–H groups in total. The molecule has 0 saturated carbocycles. The van der Waals surface area contributed by atoms with E-state index in [1.54, 1.807) is 6.07 Å². The van der Waals surface area contributed by atoms with E-state index in [0.717, 1.165) is 6.04 Å². The van der Waals surface area contributed by atoms with Gasteiger partial charge in [-0.15, -0.1) is 0 Å². The van der Waals surface area contributed by atoms with Crippen LogP contribution in [0, 0.1) is 10.1 Å². The summed E-state index contributed by atoms with van der Waals surface area (Å²) in [5.74, 6) is -0.427. The highest BCUT2D eigenvalue weighted by molar-refractivity contribution is 6.76. The maximum atomic E-state index is 12.4. The highest BCUT2D eigenvalue weighted by Gasteiger charge is 2.22. The van der Waals surface area contributed by atoms with Gasteiger partial charge in [-0.25, -0.2) is 4.98 Å². The molecule has 8 heteroatoms. The Labute approximate surface area is 141 Å². The van der Waals surface area contributed by atoms with E-state index in [2.05, 4.69) is 29.6 Å². The molecule has 7 nitrogen and oxygen atoms in total. The minimum Gasteiger partial charge on any atom is -0.375 e. The van der Waals surface area contributed by atoms with E-state index in [1.807, 2.05) is 0 Å². The molecule has 0 spiro atoms. The Bertz CT molecular complexity index is 737. The fraction of sp³-hybridized carbons (Fsp3) is 0.375. The van der Waals surface area contributed by atoms with Crippen LogP contribution in [0.1, 0.15) is 21.9 Å². The Morgan fingerprint density at radius 1 is 1.33 bits per heavy atom. The van der Waals surface area contributed by atoms with E-state index in [-0.39, 0.29) is 17.1 Å². The van der Waals surface area contributed by atoms with Gasteiger partial charge in [0.2, 0.25) is 5.78 Å². The van der Waals surface area contributed by atoms with Gasteiger partial charge in [0.15, 0.2) is 5.82 Å². The third kappa shape index (κ3) is 4.84. The number of imidazole rings is 1. The zero-order chi connectivity index (χ0) is 17.7. The summed E-state index contributed by atoms with van der Waals surface area (Å²) in [6, 6.07) is 6.89. The number of carbonyl (C=O) groups is 1. The van der Waals surface area contributed by atoms with Crippen molar-refractivity contribution in [2.24, 2.45) is 0 Å². The number of ether oxygens (including phenoxy) is 1. The van der Waals surface area contributed by atoms with Gasteiger partial charge in [0.05, 0.1) is 23.4 Å². The first kappa shape index (κ1) is 18.0. The van der Waals surface area contributed by atoms with E-state index in [9.17, 15) is 14.9 Å². The molecule has 1 aromatic heterocycles. The molecule has 0 atom stereocenters. The average Bonchev–Trinajstić information content (AvgIpc) is 2.99. The van der Waals surface area contributed by atoms with Crippen LogP contribution in [-0.4, -0.2) is 35.4 Å². The predicted octanol–water partition coefficient (Wildman–Crippen LogP) is 3.40. The third-order valence-electron chi connectivity index (χ3n) is 3.44. The molecule has 0 saturated heterocycles. The van der Waals surface area contributed by atoms with Crippen molar-refractivity contribution in [3.05, 3.63) is 57.7 Å². The number of hydrogen-bond acceptors (Lipinski definition) is 5. The number of carbonyl (C=O) groups excluding carboxylic acids is 1. The number of para-hydroxylation sites is 1. The number of H-pyrrole nitrogens is 1. The lowest BCUT2D eigenvalue weighted by Gasteiger charge is -2.14. The van der Waals surface area contributed by atoms with Crippen LogP contribution in [-0.2, 0) is 11.3 Å². The molecule has 128 valence electrons. The lowest BCUT2D eigenvalue weighted by molar-refractivity contribution is -0.385. The highest BCUT2D eigenvalue weighted by atomic mass is 28.3. The van der Waals surface area contributed by atoms with Crippen molar-refractivity contribution in [1.29, 1.82) is 0 Å². The Morgan fingerprint density at radius 3 is 2.71 bits per heavy atom. The number of aromatic nitrogens is 2. The van der Waals surface area contributed by atoms with Crippen LogP contribution in [0.3, 0.4) is 0 Å². The van der Waals surface area contributed by atoms with Crippen LogP contribution in [0.15, 0.2) is 30.5 Å². The fourth-order valence-corrected chi connectivity index (χ4v) is 2.82. The molecule has 1 heterocycles. The van der Waals surface area contributed by atoms with Crippen molar-refractivity contribution < 1.29 is 14.5 Å². The van der Waals surface area contributed by atoms with Crippen LogP contribution in [0.2, 0.25) is 25.7 Å². The van der Waals surface area contributed by atoms with E-state index < -0.39 is 18.8 Å². The molecule has 2 rings (SSSR count). The van der Waals surface area contributed by atoms with Gasteiger partial charge < -0.3 is 9.72 Å². The van der Waals surface area contributed by atoms with Gasteiger partial charge in [0.25, 0.3) is 5.69 Å². The summed E-state index contributed by atoms with van der Waals surface area (Å²) in [7, 11) is -1.14. The third-order valence-corrected chi connectivity index (χ3v) is 5.15. The van der Waals surface area contributed by atoms with Gasteiger partial charge in [0.1, 0.15) is 5.56 Å². The van der Waals surface area contributed by atoms with E-state index >= 15 is 0 Å². The van der Waals surface area contributed by atoms with Crippen LogP contribution in [0.5, 0.6) is 0 Å². The number of benzene rings is 1. The first-order valence-corrected chi connectivity index (χ1v) is 11.4. The summed E-state index contributed by atoms with van der Waals surface area (Å²) in [6.45, 7) is 7.83. The second-order valence-electron chi connectivity index (χ2n) is 6.72. The molecule has 0 unspecified atom stereocenters. The van der Waals surface area contributed by atoms with Crippen molar-refractivity contribution in [1.82, 2.24) is 9.97 Å². The number of aromatic amines is 1. The Kier molecular flexibility index (Phi) is 5.63. The molecule has 0 radical (unpaired) electrons. The van der Waals surface area contributed by atoms with E-state index in [0.29, 0.717) is 18.9 Å². The normalized spacial score (nSPS) is 11.5. The zero-order valence-corrected chi connectivity index (χ0v) is 15.0. The largest absolute Gasteiger partial charge is 0.375 e. The molecule has 0 aliphatic carbocycles. The smallest absolute Gasteiger partial charge is 0.280 e. The minimum absolute atomic E-state index is 0.0167. The summed E-state index contributed by atoms with van der Waals surface area (Å²) in [5.41, 5.74) is 0.461. The number of nitrogens with one attached hydrogen (secondary N) is 1. The molecule has 0 fully saturated rings. The molecule has 1 aromatic carbocycles. The zero-order valence-electron chi connectivity index (χ0n) is 14.0. The molecule has 0 amide bonds.